The first-order valence-corrected chi connectivity index (χ1v) is 8.40. The Kier molecular flexibility index (Phi) is 6.29. The quantitative estimate of drug-likeness (QED) is 0.692. The van der Waals surface area contributed by atoms with Crippen LogP contribution in [0.1, 0.15) is 26.7 Å². The zero-order valence-electron chi connectivity index (χ0n) is 11.7. The molecule has 0 aliphatic carbocycles. The molecule has 19 heavy (non-hydrogen) atoms. The van der Waals surface area contributed by atoms with Crippen LogP contribution in [0.25, 0.3) is 0 Å². The van der Waals surface area contributed by atoms with Crippen molar-refractivity contribution in [2.75, 3.05) is 19.5 Å². The Balaban J connectivity index is 2.73. The van der Waals surface area contributed by atoms with Gasteiger partial charge >= 0.3 is 0 Å². The molecule has 1 heterocycles. The topological polar surface area (TPSA) is 55.2 Å². The number of hydrogen-bond acceptors (Lipinski definition) is 3. The van der Waals surface area contributed by atoms with E-state index in [1.165, 1.54) is 10.5 Å². The fraction of sp³-hybridized carbons (Fsp3) is 0.750. The summed E-state index contributed by atoms with van der Waals surface area (Å²) in [6, 6.07) is 0. The van der Waals surface area contributed by atoms with Crippen molar-refractivity contribution in [2.24, 2.45) is 5.92 Å². The van der Waals surface area contributed by atoms with Gasteiger partial charge < -0.3 is 0 Å². The first-order chi connectivity index (χ1) is 8.87. The highest BCUT2D eigenvalue weighted by Crippen LogP contribution is 2.15. The van der Waals surface area contributed by atoms with Crippen molar-refractivity contribution in [2.45, 2.75) is 38.1 Å². The molecule has 0 saturated heterocycles. The fourth-order valence-electron chi connectivity index (χ4n) is 1.56. The third-order valence-corrected chi connectivity index (χ3v) is 4.94. The van der Waals surface area contributed by atoms with E-state index in [4.69, 9.17) is 11.6 Å². The maximum absolute atomic E-state index is 12.3. The molecule has 0 unspecified atom stereocenters. The SMILES string of the molecule is CC(C)CCN(C)S(=O)(=O)c1cnn(CCCCl)c1. The van der Waals surface area contributed by atoms with Crippen LogP contribution in [0.15, 0.2) is 17.3 Å². The van der Waals surface area contributed by atoms with E-state index in [9.17, 15) is 8.42 Å². The maximum Gasteiger partial charge on any atom is 0.245 e. The lowest BCUT2D eigenvalue weighted by molar-refractivity contribution is 0.428. The first-order valence-electron chi connectivity index (χ1n) is 6.42. The Labute approximate surface area is 120 Å². The van der Waals surface area contributed by atoms with Gasteiger partial charge in [0.1, 0.15) is 4.90 Å². The number of nitrogens with zero attached hydrogens (tertiary/aromatic N) is 3. The molecule has 0 fully saturated rings. The van der Waals surface area contributed by atoms with E-state index in [1.54, 1.807) is 17.9 Å². The molecule has 0 amide bonds. The molecular formula is C12H22ClN3O2S. The number of aryl methyl sites for hydroxylation is 1. The Bertz CT molecular complexity index is 485. The number of hydrogen-bond donors (Lipinski definition) is 0. The number of rotatable bonds is 8. The average molecular weight is 308 g/mol. The van der Waals surface area contributed by atoms with Gasteiger partial charge in [0, 0.05) is 32.2 Å². The van der Waals surface area contributed by atoms with Crippen LogP contribution in [0.5, 0.6) is 0 Å². The molecule has 0 radical (unpaired) electrons. The van der Waals surface area contributed by atoms with Crippen LogP contribution in [0.4, 0.5) is 0 Å². The van der Waals surface area contributed by atoms with E-state index < -0.39 is 10.0 Å². The summed E-state index contributed by atoms with van der Waals surface area (Å²) in [5.41, 5.74) is 0. The number of aromatic nitrogens is 2. The minimum absolute atomic E-state index is 0.244. The van der Waals surface area contributed by atoms with Gasteiger partial charge in [-0.3, -0.25) is 4.68 Å². The highest BCUT2D eigenvalue weighted by molar-refractivity contribution is 7.89. The number of alkyl halides is 1. The largest absolute Gasteiger partial charge is 0.271 e. The molecule has 0 bridgehead atoms. The molecule has 0 aliphatic rings. The van der Waals surface area contributed by atoms with Crippen LogP contribution in [0.3, 0.4) is 0 Å². The van der Waals surface area contributed by atoms with Crippen LogP contribution >= 0.6 is 11.6 Å². The molecule has 1 rings (SSSR count). The van der Waals surface area contributed by atoms with Crippen molar-refractivity contribution in [3.05, 3.63) is 12.4 Å². The monoisotopic (exact) mass is 307 g/mol. The summed E-state index contributed by atoms with van der Waals surface area (Å²) in [6.45, 7) is 5.30. The predicted molar refractivity (Wildman–Crippen MR) is 76.8 cm³/mol. The summed E-state index contributed by atoms with van der Waals surface area (Å²) >= 11 is 5.60. The minimum atomic E-state index is -3.42. The van der Waals surface area contributed by atoms with Crippen LogP contribution in [0, 0.1) is 5.92 Å². The summed E-state index contributed by atoms with van der Waals surface area (Å²) in [7, 11) is -1.82. The van der Waals surface area contributed by atoms with Crippen molar-refractivity contribution in [3.8, 4) is 0 Å². The summed E-state index contributed by atoms with van der Waals surface area (Å²) in [6.07, 6.45) is 4.57. The van der Waals surface area contributed by atoms with Gasteiger partial charge in [-0.2, -0.15) is 5.10 Å². The molecule has 1 aromatic heterocycles. The third-order valence-electron chi connectivity index (χ3n) is 2.86. The van der Waals surface area contributed by atoms with Crippen LogP contribution in [-0.2, 0) is 16.6 Å². The van der Waals surface area contributed by atoms with E-state index in [-0.39, 0.29) is 4.90 Å². The standard InChI is InChI=1S/C12H22ClN3O2S/c1-11(2)5-8-15(3)19(17,18)12-9-14-16(10-12)7-4-6-13/h9-11H,4-8H2,1-3H3. The zero-order valence-corrected chi connectivity index (χ0v) is 13.3. The summed E-state index contributed by atoms with van der Waals surface area (Å²) in [4.78, 5) is 0.244. The highest BCUT2D eigenvalue weighted by atomic mass is 35.5. The minimum Gasteiger partial charge on any atom is -0.271 e. The predicted octanol–water partition coefficient (Wildman–Crippen LogP) is 2.18. The molecule has 0 aromatic carbocycles. The lowest BCUT2D eigenvalue weighted by Gasteiger charge is -2.16. The molecule has 0 N–H and O–H groups in total. The van der Waals surface area contributed by atoms with Crippen molar-refractivity contribution in [1.29, 1.82) is 0 Å². The maximum atomic E-state index is 12.3. The summed E-state index contributed by atoms with van der Waals surface area (Å²) in [5.74, 6) is 1.01. The van der Waals surface area contributed by atoms with Gasteiger partial charge in [0.25, 0.3) is 0 Å². The van der Waals surface area contributed by atoms with E-state index in [1.807, 2.05) is 0 Å². The molecule has 0 saturated carbocycles. The molecule has 5 nitrogen and oxygen atoms in total. The summed E-state index contributed by atoms with van der Waals surface area (Å²) < 4.78 is 27.6. The zero-order chi connectivity index (χ0) is 14.5. The lowest BCUT2D eigenvalue weighted by atomic mass is 10.1. The van der Waals surface area contributed by atoms with E-state index in [0.29, 0.717) is 24.9 Å². The highest BCUT2D eigenvalue weighted by Gasteiger charge is 2.22. The van der Waals surface area contributed by atoms with Gasteiger partial charge in [-0.15, -0.1) is 11.6 Å². The average Bonchev–Trinajstić information content (AvgIpc) is 2.82. The van der Waals surface area contributed by atoms with Gasteiger partial charge in [-0.05, 0) is 18.8 Å². The first kappa shape index (κ1) is 16.5. The van der Waals surface area contributed by atoms with Gasteiger partial charge in [0.2, 0.25) is 10.0 Å². The molecule has 1 aromatic rings. The number of sulfonamides is 1. The second-order valence-electron chi connectivity index (χ2n) is 4.99. The van der Waals surface area contributed by atoms with Crippen LogP contribution in [-0.4, -0.2) is 42.0 Å². The number of halogens is 1. The van der Waals surface area contributed by atoms with Gasteiger partial charge in [0.05, 0.1) is 6.20 Å². The Morgan fingerprint density at radius 2 is 2.16 bits per heavy atom. The van der Waals surface area contributed by atoms with Gasteiger partial charge in [-0.1, -0.05) is 13.8 Å². The molecule has 0 atom stereocenters. The van der Waals surface area contributed by atoms with Gasteiger partial charge in [-0.25, -0.2) is 12.7 Å². The molecular weight excluding hydrogens is 286 g/mol. The Morgan fingerprint density at radius 1 is 1.47 bits per heavy atom. The normalized spacial score (nSPS) is 12.5. The molecule has 7 heteroatoms. The molecule has 0 spiro atoms. The molecule has 110 valence electrons. The Morgan fingerprint density at radius 3 is 2.74 bits per heavy atom. The van der Waals surface area contributed by atoms with E-state index >= 15 is 0 Å². The van der Waals surface area contributed by atoms with Crippen molar-refractivity contribution >= 4 is 21.6 Å². The van der Waals surface area contributed by atoms with Crippen LogP contribution in [0.2, 0.25) is 0 Å². The Hall–Kier alpha value is -0.590. The van der Waals surface area contributed by atoms with E-state index in [2.05, 4.69) is 18.9 Å². The smallest absolute Gasteiger partial charge is 0.245 e. The van der Waals surface area contributed by atoms with Crippen molar-refractivity contribution in [3.63, 3.8) is 0 Å². The van der Waals surface area contributed by atoms with Gasteiger partial charge in [0.15, 0.2) is 0 Å². The fourth-order valence-corrected chi connectivity index (χ4v) is 2.82. The van der Waals surface area contributed by atoms with Crippen LogP contribution < -0.4 is 0 Å². The van der Waals surface area contributed by atoms with E-state index in [0.717, 1.165) is 12.8 Å². The van der Waals surface area contributed by atoms with Crippen molar-refractivity contribution < 1.29 is 8.42 Å². The lowest BCUT2D eigenvalue weighted by Crippen LogP contribution is -2.28. The second-order valence-corrected chi connectivity index (χ2v) is 7.41. The summed E-state index contributed by atoms with van der Waals surface area (Å²) in [5, 5.41) is 4.05. The molecule has 0 aliphatic heterocycles. The van der Waals surface area contributed by atoms with Crippen molar-refractivity contribution in [1.82, 2.24) is 14.1 Å². The third kappa shape index (κ3) is 4.78. The second kappa shape index (κ2) is 7.26.